The molecule has 0 amide bonds. The van der Waals surface area contributed by atoms with Crippen molar-refractivity contribution < 1.29 is 27.0 Å². The van der Waals surface area contributed by atoms with Crippen LogP contribution in [0.25, 0.3) is 0 Å². The van der Waals surface area contributed by atoms with Gasteiger partial charge in [0.25, 0.3) is 0 Å². The minimum absolute atomic E-state index is 0.277. The van der Waals surface area contributed by atoms with Crippen molar-refractivity contribution in [3.05, 3.63) is 0 Å². The summed E-state index contributed by atoms with van der Waals surface area (Å²) in [5.74, 6) is 0. The molecule has 0 spiro atoms. The Morgan fingerprint density at radius 1 is 0.588 bits per heavy atom. The maximum absolute atomic E-state index is 6.87. The molecule has 0 aromatic carbocycles. The van der Waals surface area contributed by atoms with E-state index in [1.807, 2.05) is 0 Å². The summed E-state index contributed by atoms with van der Waals surface area (Å²) in [5.41, 5.74) is 0.716. The summed E-state index contributed by atoms with van der Waals surface area (Å²) in [6.45, 7) is 33.6. The van der Waals surface area contributed by atoms with Gasteiger partial charge < -0.3 is 27.0 Å². The Kier molecular flexibility index (Phi) is 13.4. The first-order valence-corrected chi connectivity index (χ1v) is 29.4. The van der Waals surface area contributed by atoms with Crippen molar-refractivity contribution in [3.8, 4) is 0 Å². The van der Waals surface area contributed by atoms with Crippen molar-refractivity contribution in [2.45, 2.75) is 117 Å². The van der Waals surface area contributed by atoms with Gasteiger partial charge in [-0.05, 0) is 98.2 Å². The summed E-state index contributed by atoms with van der Waals surface area (Å²) in [6.07, 6.45) is -1.10. The molecule has 0 N–H and O–H groups in total. The zero-order chi connectivity index (χ0) is 27.2. The predicted octanol–water partition coefficient (Wildman–Crippen LogP) is 6.35. The average molecular weight is 570 g/mol. The molecule has 3 atom stereocenters. The van der Waals surface area contributed by atoms with Crippen molar-refractivity contribution in [1.29, 1.82) is 0 Å². The summed E-state index contributed by atoms with van der Waals surface area (Å²) in [7, 11) is -7.95. The smallest absolute Gasteiger partial charge is 0.184 e. The fourth-order valence-electron chi connectivity index (χ4n) is 3.00. The first-order valence-electron chi connectivity index (χ1n) is 12.3. The largest absolute Gasteiger partial charge is 0.415 e. The van der Waals surface area contributed by atoms with Crippen molar-refractivity contribution in [2.75, 3.05) is 20.3 Å². The molecule has 0 heterocycles. The second-order valence-corrected chi connectivity index (χ2v) is 36.1. The van der Waals surface area contributed by atoms with Gasteiger partial charge in [0.1, 0.15) is 25.0 Å². The van der Waals surface area contributed by atoms with Crippen LogP contribution in [0.3, 0.4) is 0 Å². The Morgan fingerprint density at radius 3 is 1.38 bits per heavy atom. The lowest BCUT2D eigenvalue weighted by molar-refractivity contribution is -0.0307. The normalized spacial score (nSPS) is 17.5. The zero-order valence-electron chi connectivity index (χ0n) is 25.0. The van der Waals surface area contributed by atoms with Gasteiger partial charge in [-0.1, -0.05) is 5.16 Å². The summed E-state index contributed by atoms with van der Waals surface area (Å²) in [6, 6.07) is 0. The molecule has 0 fully saturated rings. The van der Waals surface area contributed by atoms with Crippen molar-refractivity contribution >= 4 is 47.3 Å². The van der Waals surface area contributed by atoms with Gasteiger partial charge in [-0.15, -0.1) is 0 Å². The van der Waals surface area contributed by atoms with Crippen LogP contribution in [0.15, 0.2) is 5.16 Å². The highest BCUT2D eigenvalue weighted by Gasteiger charge is 2.43. The SMILES string of the molecule is CO/N=C(/CO[Si](C)(C)C)[C@@H](O[Si](C)(C)C)[C@H](O[Si](C)(C)C)[C@@H](CO[Si](C)(C)C)O[Si](C)(C)C. The zero-order valence-corrected chi connectivity index (χ0v) is 30.0. The fraction of sp³-hybridized carbons (Fsp3) is 0.955. The quantitative estimate of drug-likeness (QED) is 0.123. The van der Waals surface area contributed by atoms with E-state index >= 15 is 0 Å². The Bertz CT molecular complexity index is 630. The standard InChI is InChI=1S/C22H55NO6Si5/c1-24-23-19(17-25-30(2,3)4)21(28-33(11,12)13)22(29-34(14,15)16)20(27-32(8,9)10)18-26-31(5,6)7/h20-22H,17-18H2,1-16H3/b23-19-/t20-,21-,22-/m1/s1. The van der Waals surface area contributed by atoms with E-state index in [0.717, 1.165) is 0 Å². The number of nitrogens with zero attached hydrogens (tertiary/aromatic N) is 1. The van der Waals surface area contributed by atoms with Crippen LogP contribution in [0.5, 0.6) is 0 Å². The first-order chi connectivity index (χ1) is 14.9. The molecule has 0 saturated carbocycles. The third-order valence-corrected chi connectivity index (χ3v) is 9.00. The highest BCUT2D eigenvalue weighted by Crippen LogP contribution is 2.26. The van der Waals surface area contributed by atoms with Crippen LogP contribution in [0.1, 0.15) is 0 Å². The van der Waals surface area contributed by atoms with Crippen LogP contribution >= 0.6 is 0 Å². The van der Waals surface area contributed by atoms with E-state index in [4.69, 9.17) is 27.0 Å². The molecule has 0 radical (unpaired) electrons. The molecule has 204 valence electrons. The van der Waals surface area contributed by atoms with E-state index in [2.05, 4.69) is 103 Å². The molecule has 0 bridgehead atoms. The van der Waals surface area contributed by atoms with E-state index in [-0.39, 0.29) is 12.2 Å². The van der Waals surface area contributed by atoms with Crippen LogP contribution in [0.4, 0.5) is 0 Å². The van der Waals surface area contributed by atoms with Crippen LogP contribution < -0.4 is 0 Å². The summed E-state index contributed by atoms with van der Waals surface area (Å²) >= 11 is 0. The van der Waals surface area contributed by atoms with Gasteiger partial charge in [-0.2, -0.15) is 0 Å². The third kappa shape index (κ3) is 17.7. The molecule has 34 heavy (non-hydrogen) atoms. The lowest BCUT2D eigenvalue weighted by Gasteiger charge is -2.42. The van der Waals surface area contributed by atoms with Gasteiger partial charge in [0.2, 0.25) is 0 Å². The Balaban J connectivity index is 6.64. The van der Waals surface area contributed by atoms with Gasteiger partial charge in [-0.25, -0.2) is 0 Å². The molecule has 0 aromatic heterocycles. The molecular weight excluding hydrogens is 515 g/mol. The average Bonchev–Trinajstić information content (AvgIpc) is 2.54. The van der Waals surface area contributed by atoms with Crippen molar-refractivity contribution in [2.24, 2.45) is 5.16 Å². The second-order valence-electron chi connectivity index (χ2n) is 13.7. The monoisotopic (exact) mass is 569 g/mol. The summed E-state index contributed by atoms with van der Waals surface area (Å²) < 4.78 is 33.1. The topological polar surface area (TPSA) is 67.7 Å². The van der Waals surface area contributed by atoms with Crippen molar-refractivity contribution in [1.82, 2.24) is 0 Å². The number of hydrogen-bond donors (Lipinski definition) is 0. The molecule has 7 nitrogen and oxygen atoms in total. The summed E-state index contributed by atoms with van der Waals surface area (Å²) in [4.78, 5) is 5.30. The van der Waals surface area contributed by atoms with Gasteiger partial charge in [0.05, 0.1) is 19.3 Å². The van der Waals surface area contributed by atoms with Gasteiger partial charge in [-0.3, -0.25) is 0 Å². The molecule has 0 aliphatic rings. The fourth-order valence-corrected chi connectivity index (χ4v) is 7.48. The van der Waals surface area contributed by atoms with Gasteiger partial charge >= 0.3 is 0 Å². The molecule has 0 unspecified atom stereocenters. The van der Waals surface area contributed by atoms with Crippen LogP contribution in [0.2, 0.25) is 98.2 Å². The Labute approximate surface area is 215 Å². The van der Waals surface area contributed by atoms with Crippen molar-refractivity contribution in [3.63, 3.8) is 0 Å². The van der Waals surface area contributed by atoms with E-state index in [0.29, 0.717) is 18.9 Å². The van der Waals surface area contributed by atoms with E-state index in [1.165, 1.54) is 0 Å². The van der Waals surface area contributed by atoms with Crippen LogP contribution in [-0.4, -0.2) is 85.9 Å². The highest BCUT2D eigenvalue weighted by molar-refractivity contribution is 6.71. The molecular formula is C22H55NO6Si5. The molecule has 0 aliphatic carbocycles. The third-order valence-electron chi connectivity index (χ3n) is 4.01. The molecule has 12 heteroatoms. The highest BCUT2D eigenvalue weighted by atomic mass is 28.4. The summed E-state index contributed by atoms with van der Waals surface area (Å²) in [5, 5.41) is 4.42. The van der Waals surface area contributed by atoms with E-state index in [1.54, 1.807) is 7.11 Å². The number of rotatable bonds is 16. The van der Waals surface area contributed by atoms with Gasteiger partial charge in [0.15, 0.2) is 41.6 Å². The predicted molar refractivity (Wildman–Crippen MR) is 158 cm³/mol. The van der Waals surface area contributed by atoms with Crippen LogP contribution in [-0.2, 0) is 27.0 Å². The molecule has 0 saturated heterocycles. The molecule has 0 aromatic rings. The lowest BCUT2D eigenvalue weighted by atomic mass is 10.0. The lowest BCUT2D eigenvalue weighted by Crippen LogP contribution is -2.58. The Morgan fingerprint density at radius 2 is 1.03 bits per heavy atom. The Hall–Kier alpha value is 0.354. The maximum Gasteiger partial charge on any atom is 0.184 e. The molecule has 0 rings (SSSR count). The second kappa shape index (κ2) is 13.2. The molecule has 0 aliphatic heterocycles. The minimum atomic E-state index is -2.01. The van der Waals surface area contributed by atoms with E-state index in [9.17, 15) is 0 Å². The number of oxime groups is 1. The van der Waals surface area contributed by atoms with Crippen LogP contribution in [0, 0.1) is 0 Å². The number of hydrogen-bond acceptors (Lipinski definition) is 7. The van der Waals surface area contributed by atoms with Gasteiger partial charge in [0, 0.05) is 0 Å². The minimum Gasteiger partial charge on any atom is -0.415 e. The first kappa shape index (κ1) is 34.4. The van der Waals surface area contributed by atoms with E-state index < -0.39 is 47.7 Å². The maximum atomic E-state index is 6.87.